The van der Waals surface area contributed by atoms with Crippen LogP contribution in [0.4, 0.5) is 0 Å². The molecule has 18 heavy (non-hydrogen) atoms. The highest BCUT2D eigenvalue weighted by Crippen LogP contribution is 2.14. The number of carbonyl (C=O) groups excluding carboxylic acids is 1. The summed E-state index contributed by atoms with van der Waals surface area (Å²) in [6.07, 6.45) is 1.39. The molecule has 0 atom stereocenters. The van der Waals surface area contributed by atoms with Gasteiger partial charge in [-0.1, -0.05) is 0 Å². The zero-order valence-electron chi connectivity index (χ0n) is 10.5. The van der Waals surface area contributed by atoms with Gasteiger partial charge in [-0.2, -0.15) is 5.26 Å². The summed E-state index contributed by atoms with van der Waals surface area (Å²) in [6.45, 7) is 3.95. The average Bonchev–Trinajstić information content (AvgIpc) is 2.89. The minimum Gasteiger partial charge on any atom is -0.351 e. The Kier molecular flexibility index (Phi) is 2.98. The van der Waals surface area contributed by atoms with Gasteiger partial charge in [-0.3, -0.25) is 4.79 Å². The molecule has 0 amide bonds. The minimum atomic E-state index is -0.0365. The molecule has 0 saturated carbocycles. The Morgan fingerprint density at radius 3 is 2.72 bits per heavy atom. The van der Waals surface area contributed by atoms with Gasteiger partial charge in [0.05, 0.1) is 0 Å². The Bertz CT molecular complexity index is 644. The number of rotatable bonds is 3. The van der Waals surface area contributed by atoms with Crippen LogP contribution in [0.1, 0.15) is 27.6 Å². The summed E-state index contributed by atoms with van der Waals surface area (Å²) in [4.78, 5) is 15.9. The molecule has 0 aliphatic heterocycles. The average molecular weight is 243 g/mol. The standard InChI is InChI=1S/C12H13N5O/c1-8-4-10(9(2)16(8)3)11(18)6-17-7-14-12(5-13)15-17/h4,7H,6H2,1-3H3. The van der Waals surface area contributed by atoms with Crippen molar-refractivity contribution >= 4 is 5.78 Å². The first-order valence-corrected chi connectivity index (χ1v) is 5.48. The van der Waals surface area contributed by atoms with Crippen molar-refractivity contribution < 1.29 is 4.79 Å². The SMILES string of the molecule is Cc1cc(C(=O)Cn2cnc(C#N)n2)c(C)n1C. The first-order valence-electron chi connectivity index (χ1n) is 5.48. The fourth-order valence-electron chi connectivity index (χ4n) is 1.79. The number of aryl methyl sites for hydroxylation is 1. The molecule has 0 saturated heterocycles. The minimum absolute atomic E-state index is 0.0365. The third-order valence-electron chi connectivity index (χ3n) is 3.02. The molecule has 0 aliphatic carbocycles. The summed E-state index contributed by atoms with van der Waals surface area (Å²) in [5.74, 6) is 0.0364. The van der Waals surface area contributed by atoms with Gasteiger partial charge in [-0.25, -0.2) is 9.67 Å². The molecule has 2 aromatic rings. The summed E-state index contributed by atoms with van der Waals surface area (Å²) < 4.78 is 3.35. The van der Waals surface area contributed by atoms with Crippen LogP contribution in [0.25, 0.3) is 0 Å². The van der Waals surface area contributed by atoms with Crippen molar-refractivity contribution in [1.29, 1.82) is 5.26 Å². The molecule has 0 radical (unpaired) electrons. The van der Waals surface area contributed by atoms with Crippen molar-refractivity contribution in [2.24, 2.45) is 7.05 Å². The van der Waals surface area contributed by atoms with Gasteiger partial charge < -0.3 is 4.57 Å². The van der Waals surface area contributed by atoms with Crippen LogP contribution in [-0.2, 0) is 13.6 Å². The van der Waals surface area contributed by atoms with Crippen LogP contribution in [0, 0.1) is 25.2 Å². The van der Waals surface area contributed by atoms with Crippen LogP contribution in [0.5, 0.6) is 0 Å². The summed E-state index contributed by atoms with van der Waals surface area (Å²) in [5, 5.41) is 12.5. The van der Waals surface area contributed by atoms with E-state index in [0.29, 0.717) is 5.56 Å². The maximum absolute atomic E-state index is 12.1. The van der Waals surface area contributed by atoms with Gasteiger partial charge in [0.15, 0.2) is 5.78 Å². The fourth-order valence-corrected chi connectivity index (χ4v) is 1.79. The van der Waals surface area contributed by atoms with Crippen LogP contribution in [0.2, 0.25) is 0 Å². The zero-order chi connectivity index (χ0) is 13.3. The second-order valence-electron chi connectivity index (χ2n) is 4.14. The Hall–Kier alpha value is -2.42. The highest BCUT2D eigenvalue weighted by molar-refractivity contribution is 5.97. The molecule has 0 spiro atoms. The Labute approximate surface area is 104 Å². The number of nitriles is 1. The maximum Gasteiger partial charge on any atom is 0.252 e. The van der Waals surface area contributed by atoms with E-state index in [-0.39, 0.29) is 18.2 Å². The van der Waals surface area contributed by atoms with Gasteiger partial charge in [0.2, 0.25) is 0 Å². The summed E-state index contributed by atoms with van der Waals surface area (Å²) in [6, 6.07) is 3.69. The molecule has 0 bridgehead atoms. The molecular formula is C12H13N5O. The smallest absolute Gasteiger partial charge is 0.252 e. The van der Waals surface area contributed by atoms with Crippen LogP contribution >= 0.6 is 0 Å². The monoisotopic (exact) mass is 243 g/mol. The van der Waals surface area contributed by atoms with Crippen molar-refractivity contribution in [3.8, 4) is 6.07 Å². The lowest BCUT2D eigenvalue weighted by atomic mass is 10.1. The molecule has 0 unspecified atom stereocenters. The van der Waals surface area contributed by atoms with Gasteiger partial charge in [-0.05, 0) is 19.9 Å². The molecule has 2 rings (SSSR count). The highest BCUT2D eigenvalue weighted by Gasteiger charge is 2.15. The fraction of sp³-hybridized carbons (Fsp3) is 0.333. The van der Waals surface area contributed by atoms with Gasteiger partial charge in [0.1, 0.15) is 18.9 Å². The van der Waals surface area contributed by atoms with Crippen LogP contribution in [-0.4, -0.2) is 25.1 Å². The number of aromatic nitrogens is 4. The Morgan fingerprint density at radius 1 is 1.50 bits per heavy atom. The zero-order valence-corrected chi connectivity index (χ0v) is 10.5. The molecular weight excluding hydrogens is 230 g/mol. The lowest BCUT2D eigenvalue weighted by molar-refractivity contribution is 0.0967. The molecule has 6 nitrogen and oxygen atoms in total. The van der Waals surface area contributed by atoms with Crippen LogP contribution in [0.15, 0.2) is 12.4 Å². The molecule has 2 aromatic heterocycles. The summed E-state index contributed by atoms with van der Waals surface area (Å²) >= 11 is 0. The van der Waals surface area contributed by atoms with Crippen molar-refractivity contribution in [2.45, 2.75) is 20.4 Å². The number of nitrogens with zero attached hydrogens (tertiary/aromatic N) is 5. The van der Waals surface area contributed by atoms with Gasteiger partial charge >= 0.3 is 0 Å². The van der Waals surface area contributed by atoms with Crippen molar-refractivity contribution in [1.82, 2.24) is 19.3 Å². The van der Waals surface area contributed by atoms with Gasteiger partial charge in [0, 0.05) is 24.0 Å². The highest BCUT2D eigenvalue weighted by atomic mass is 16.1. The van der Waals surface area contributed by atoms with E-state index < -0.39 is 0 Å². The van der Waals surface area contributed by atoms with Gasteiger partial charge in [0.25, 0.3) is 5.82 Å². The number of Topliss-reactive ketones (excluding diaryl/α,β-unsaturated/α-hetero) is 1. The van der Waals surface area contributed by atoms with E-state index in [9.17, 15) is 4.79 Å². The van der Waals surface area contributed by atoms with Crippen molar-refractivity contribution in [2.75, 3.05) is 0 Å². The maximum atomic E-state index is 12.1. The van der Waals surface area contributed by atoms with Crippen LogP contribution in [0.3, 0.4) is 0 Å². The van der Waals surface area contributed by atoms with E-state index in [4.69, 9.17) is 5.26 Å². The Morgan fingerprint density at radius 2 is 2.22 bits per heavy atom. The van der Waals surface area contributed by atoms with E-state index in [2.05, 4.69) is 10.1 Å². The Balaban J connectivity index is 2.22. The predicted octanol–water partition coefficient (Wildman–Crippen LogP) is 0.988. The lowest BCUT2D eigenvalue weighted by Crippen LogP contribution is -2.12. The molecule has 2 heterocycles. The molecule has 0 N–H and O–H groups in total. The van der Waals surface area contributed by atoms with E-state index >= 15 is 0 Å². The third kappa shape index (κ3) is 2.02. The second-order valence-corrected chi connectivity index (χ2v) is 4.14. The van der Waals surface area contributed by atoms with E-state index in [1.807, 2.05) is 37.6 Å². The first kappa shape index (κ1) is 12.0. The lowest BCUT2D eigenvalue weighted by Gasteiger charge is -2.02. The van der Waals surface area contributed by atoms with Crippen molar-refractivity contribution in [3.63, 3.8) is 0 Å². The predicted molar refractivity (Wildman–Crippen MR) is 64.0 cm³/mol. The second kappa shape index (κ2) is 4.45. The molecule has 6 heteroatoms. The van der Waals surface area contributed by atoms with E-state index in [0.717, 1.165) is 11.4 Å². The molecule has 0 aromatic carbocycles. The van der Waals surface area contributed by atoms with Gasteiger partial charge in [-0.15, -0.1) is 5.10 Å². The third-order valence-corrected chi connectivity index (χ3v) is 3.02. The quantitative estimate of drug-likeness (QED) is 0.753. The van der Waals surface area contributed by atoms with E-state index in [1.165, 1.54) is 11.0 Å². The molecule has 92 valence electrons. The summed E-state index contributed by atoms with van der Waals surface area (Å²) in [7, 11) is 1.92. The first-order chi connectivity index (χ1) is 8.52. The number of carbonyl (C=O) groups is 1. The topological polar surface area (TPSA) is 76.5 Å². The van der Waals surface area contributed by atoms with E-state index in [1.54, 1.807) is 0 Å². The molecule has 0 aliphatic rings. The number of hydrogen-bond acceptors (Lipinski definition) is 4. The van der Waals surface area contributed by atoms with Crippen LogP contribution < -0.4 is 0 Å². The molecule has 0 fully saturated rings. The summed E-state index contributed by atoms with van der Waals surface area (Å²) in [5.41, 5.74) is 2.65. The number of ketones is 1. The van der Waals surface area contributed by atoms with Crippen molar-refractivity contribution in [3.05, 3.63) is 35.2 Å². The largest absolute Gasteiger partial charge is 0.351 e. The number of hydrogen-bond donors (Lipinski definition) is 0. The normalized spacial score (nSPS) is 10.3.